The van der Waals surface area contributed by atoms with Crippen molar-refractivity contribution in [3.63, 3.8) is 0 Å². The normalized spacial score (nSPS) is 22.9. The van der Waals surface area contributed by atoms with Crippen LogP contribution in [0.5, 0.6) is 0 Å². The van der Waals surface area contributed by atoms with Gasteiger partial charge < -0.3 is 5.32 Å². The van der Waals surface area contributed by atoms with Crippen molar-refractivity contribution in [3.05, 3.63) is 16.1 Å². The Morgan fingerprint density at radius 2 is 2.15 bits per heavy atom. The summed E-state index contributed by atoms with van der Waals surface area (Å²) in [6.07, 6.45) is 0.426. The monoisotopic (exact) mass is 316 g/mol. The highest BCUT2D eigenvalue weighted by Gasteiger charge is 2.33. The number of nitrogens with zero attached hydrogens (tertiary/aromatic N) is 1. The largest absolute Gasteiger partial charge is 0.348 e. The van der Waals surface area contributed by atoms with Gasteiger partial charge in [-0.15, -0.1) is 11.3 Å². The number of thiazole rings is 1. The van der Waals surface area contributed by atoms with E-state index >= 15 is 0 Å². The lowest BCUT2D eigenvalue weighted by atomic mass is 10.1. The zero-order valence-electron chi connectivity index (χ0n) is 11.9. The number of hydrogen-bond donors (Lipinski definition) is 1. The van der Waals surface area contributed by atoms with Crippen molar-refractivity contribution in [2.75, 3.05) is 11.5 Å². The molecule has 1 saturated heterocycles. The van der Waals surface area contributed by atoms with E-state index in [9.17, 15) is 13.2 Å². The second-order valence-electron chi connectivity index (χ2n) is 5.60. The van der Waals surface area contributed by atoms with E-state index in [2.05, 4.69) is 24.1 Å². The minimum absolute atomic E-state index is 0.0279. The number of sulfone groups is 1. The molecule has 2 unspecified atom stereocenters. The van der Waals surface area contributed by atoms with Crippen LogP contribution in [-0.2, 0) is 14.6 Å². The fourth-order valence-electron chi connectivity index (χ4n) is 2.17. The molecule has 1 aromatic heterocycles. The maximum atomic E-state index is 12.1. The number of hydrogen-bond acceptors (Lipinski definition) is 5. The number of amides is 1. The van der Waals surface area contributed by atoms with Gasteiger partial charge in [-0.3, -0.25) is 4.79 Å². The molecule has 1 aliphatic heterocycles. The first kappa shape index (κ1) is 15.4. The molecule has 0 aliphatic carbocycles. The molecule has 0 aromatic carbocycles. The van der Waals surface area contributed by atoms with E-state index in [1.54, 1.807) is 11.3 Å². The average molecular weight is 316 g/mol. The fraction of sp³-hybridized carbons (Fsp3) is 0.692. The molecule has 1 aliphatic rings. The number of carbonyl (C=O) groups is 1. The molecule has 1 fully saturated rings. The Balaban J connectivity index is 1.97. The first-order chi connectivity index (χ1) is 9.28. The van der Waals surface area contributed by atoms with Crippen molar-refractivity contribution in [1.82, 2.24) is 10.3 Å². The Bertz CT molecular complexity index is 593. The van der Waals surface area contributed by atoms with Crippen LogP contribution >= 0.6 is 11.3 Å². The lowest BCUT2D eigenvalue weighted by Gasteiger charge is -2.14. The van der Waals surface area contributed by atoms with Crippen LogP contribution in [0.15, 0.2) is 5.38 Å². The summed E-state index contributed by atoms with van der Waals surface area (Å²) in [6, 6.07) is -0.186. The number of aromatic nitrogens is 1. The highest BCUT2D eigenvalue weighted by Crippen LogP contribution is 2.24. The number of carbonyl (C=O) groups excluding carboxylic acids is 1. The Morgan fingerprint density at radius 1 is 1.45 bits per heavy atom. The fourth-order valence-corrected chi connectivity index (χ4v) is 4.84. The standard InChI is InChI=1S/C13H20N2O3S2/c1-8(2)13-15-11(6-19-13)9(3)14-12(16)10-4-5-20(17,18)7-10/h6,8-10H,4-5,7H2,1-3H3,(H,14,16). The molecular formula is C13H20N2O3S2. The third kappa shape index (κ3) is 3.58. The van der Waals surface area contributed by atoms with E-state index in [1.165, 1.54) is 0 Å². The maximum absolute atomic E-state index is 12.1. The van der Waals surface area contributed by atoms with Crippen LogP contribution in [0.3, 0.4) is 0 Å². The van der Waals surface area contributed by atoms with Crippen LogP contribution < -0.4 is 5.32 Å². The molecule has 0 spiro atoms. The predicted octanol–water partition coefficient (Wildman–Crippen LogP) is 1.88. The summed E-state index contributed by atoms with van der Waals surface area (Å²) in [5.74, 6) is -0.131. The zero-order valence-corrected chi connectivity index (χ0v) is 13.6. The van der Waals surface area contributed by atoms with Gasteiger partial charge >= 0.3 is 0 Å². The Labute approximate surface area is 123 Å². The average Bonchev–Trinajstić information content (AvgIpc) is 2.95. The van der Waals surface area contributed by atoms with Crippen LogP contribution in [0.4, 0.5) is 0 Å². The van der Waals surface area contributed by atoms with Crippen molar-refractivity contribution in [2.24, 2.45) is 5.92 Å². The van der Waals surface area contributed by atoms with Crippen molar-refractivity contribution in [2.45, 2.75) is 39.2 Å². The SMILES string of the molecule is CC(C)c1nc(C(C)NC(=O)C2CCS(=O)(=O)C2)cs1. The molecule has 112 valence electrons. The molecule has 0 saturated carbocycles. The first-order valence-electron chi connectivity index (χ1n) is 6.74. The summed E-state index contributed by atoms with van der Waals surface area (Å²) in [4.78, 5) is 16.6. The van der Waals surface area contributed by atoms with Crippen LogP contribution in [0.1, 0.15) is 49.9 Å². The summed E-state index contributed by atoms with van der Waals surface area (Å²) in [5.41, 5.74) is 0.841. The topological polar surface area (TPSA) is 76.1 Å². The van der Waals surface area contributed by atoms with Gasteiger partial charge in [0.05, 0.1) is 34.2 Å². The lowest BCUT2D eigenvalue weighted by molar-refractivity contribution is -0.124. The van der Waals surface area contributed by atoms with Crippen LogP contribution in [0.25, 0.3) is 0 Å². The van der Waals surface area contributed by atoms with E-state index in [4.69, 9.17) is 0 Å². The van der Waals surface area contributed by atoms with Gasteiger partial charge in [-0.2, -0.15) is 0 Å². The van der Waals surface area contributed by atoms with E-state index in [0.717, 1.165) is 10.7 Å². The van der Waals surface area contributed by atoms with Gasteiger partial charge in [-0.05, 0) is 13.3 Å². The van der Waals surface area contributed by atoms with Gasteiger partial charge in [0, 0.05) is 11.3 Å². The molecule has 2 heterocycles. The highest BCUT2D eigenvalue weighted by molar-refractivity contribution is 7.91. The maximum Gasteiger partial charge on any atom is 0.224 e. The van der Waals surface area contributed by atoms with Gasteiger partial charge in [-0.1, -0.05) is 13.8 Å². The molecule has 1 aromatic rings. The van der Waals surface area contributed by atoms with Gasteiger partial charge in [0.25, 0.3) is 0 Å². The molecular weight excluding hydrogens is 296 g/mol. The zero-order chi connectivity index (χ0) is 14.9. The van der Waals surface area contributed by atoms with Crippen molar-refractivity contribution in [1.29, 1.82) is 0 Å². The van der Waals surface area contributed by atoms with Crippen LogP contribution in [0, 0.1) is 5.92 Å². The third-order valence-electron chi connectivity index (χ3n) is 3.44. The second kappa shape index (κ2) is 5.81. The Hall–Kier alpha value is -0.950. The first-order valence-corrected chi connectivity index (χ1v) is 9.44. The molecule has 2 rings (SSSR count). The Kier molecular flexibility index (Phi) is 4.49. The quantitative estimate of drug-likeness (QED) is 0.920. The van der Waals surface area contributed by atoms with Crippen LogP contribution in [-0.4, -0.2) is 30.8 Å². The summed E-state index contributed by atoms with van der Waals surface area (Å²) in [6.45, 7) is 6.03. The Morgan fingerprint density at radius 3 is 2.65 bits per heavy atom. The molecule has 0 radical (unpaired) electrons. The summed E-state index contributed by atoms with van der Waals surface area (Å²) in [5, 5.41) is 5.86. The minimum atomic E-state index is -3.02. The van der Waals surface area contributed by atoms with Crippen LogP contribution in [0.2, 0.25) is 0 Å². The predicted molar refractivity (Wildman–Crippen MR) is 79.5 cm³/mol. The van der Waals surface area contributed by atoms with Gasteiger partial charge in [0.1, 0.15) is 0 Å². The molecule has 0 bridgehead atoms. The van der Waals surface area contributed by atoms with Crippen molar-refractivity contribution < 1.29 is 13.2 Å². The summed E-state index contributed by atoms with van der Waals surface area (Å²) in [7, 11) is -3.02. The molecule has 5 nitrogen and oxygen atoms in total. The number of nitrogens with one attached hydrogen (secondary N) is 1. The van der Waals surface area contributed by atoms with E-state index in [0.29, 0.717) is 12.3 Å². The molecule has 1 amide bonds. The van der Waals surface area contributed by atoms with E-state index < -0.39 is 15.8 Å². The second-order valence-corrected chi connectivity index (χ2v) is 8.71. The van der Waals surface area contributed by atoms with E-state index in [1.807, 2.05) is 12.3 Å². The summed E-state index contributed by atoms with van der Waals surface area (Å²) >= 11 is 1.59. The van der Waals surface area contributed by atoms with Gasteiger partial charge in [0.15, 0.2) is 9.84 Å². The lowest BCUT2D eigenvalue weighted by Crippen LogP contribution is -2.33. The van der Waals surface area contributed by atoms with Gasteiger partial charge in [0.2, 0.25) is 5.91 Å². The summed E-state index contributed by atoms with van der Waals surface area (Å²) < 4.78 is 22.8. The van der Waals surface area contributed by atoms with Crippen molar-refractivity contribution >= 4 is 27.1 Å². The third-order valence-corrected chi connectivity index (χ3v) is 6.37. The minimum Gasteiger partial charge on any atom is -0.348 e. The van der Waals surface area contributed by atoms with E-state index in [-0.39, 0.29) is 23.5 Å². The molecule has 2 atom stereocenters. The molecule has 20 heavy (non-hydrogen) atoms. The molecule has 7 heteroatoms. The van der Waals surface area contributed by atoms with Gasteiger partial charge in [-0.25, -0.2) is 13.4 Å². The van der Waals surface area contributed by atoms with Crippen molar-refractivity contribution in [3.8, 4) is 0 Å². The smallest absolute Gasteiger partial charge is 0.224 e. The highest BCUT2D eigenvalue weighted by atomic mass is 32.2. The number of rotatable bonds is 4. The molecule has 1 N–H and O–H groups in total.